The van der Waals surface area contributed by atoms with E-state index in [-0.39, 0.29) is 11.8 Å². The largest absolute Gasteiger partial charge is 0.309 e. The van der Waals surface area contributed by atoms with Gasteiger partial charge in [-0.1, -0.05) is 0 Å². The highest BCUT2D eigenvalue weighted by molar-refractivity contribution is 5.96. The molecule has 1 aliphatic rings. The summed E-state index contributed by atoms with van der Waals surface area (Å²) in [6.45, 7) is 4.29. The molecule has 0 N–H and O–H groups in total. The van der Waals surface area contributed by atoms with Gasteiger partial charge in [-0.05, 0) is 26.0 Å². The van der Waals surface area contributed by atoms with Crippen LogP contribution in [-0.2, 0) is 4.79 Å². The zero-order chi connectivity index (χ0) is 11.7. The van der Waals surface area contributed by atoms with Crippen molar-refractivity contribution >= 4 is 11.6 Å². The molecule has 0 aromatic carbocycles. The average Bonchev–Trinajstić information content (AvgIpc) is 2.60. The number of rotatable bonds is 1. The van der Waals surface area contributed by atoms with Gasteiger partial charge in [-0.3, -0.25) is 9.78 Å². The van der Waals surface area contributed by atoms with Gasteiger partial charge < -0.3 is 4.90 Å². The predicted octanol–water partition coefficient (Wildman–Crippen LogP) is 1.57. The van der Waals surface area contributed by atoms with Crippen LogP contribution in [0.5, 0.6) is 0 Å². The first-order chi connectivity index (χ1) is 7.61. The molecule has 1 unspecified atom stereocenters. The van der Waals surface area contributed by atoms with Crippen LogP contribution in [0.2, 0.25) is 0 Å². The first-order valence-electron chi connectivity index (χ1n) is 5.26. The zero-order valence-corrected chi connectivity index (χ0v) is 9.40. The molecule has 4 heteroatoms. The summed E-state index contributed by atoms with van der Waals surface area (Å²) in [6.07, 6.45) is 0.323. The number of hydrogen-bond acceptors (Lipinski definition) is 3. The van der Waals surface area contributed by atoms with Gasteiger partial charge in [0, 0.05) is 18.7 Å². The number of carbonyl (C=O) groups is 1. The molecule has 2 heterocycles. The van der Waals surface area contributed by atoms with Gasteiger partial charge in [0.2, 0.25) is 5.91 Å². The van der Waals surface area contributed by atoms with E-state index in [0.29, 0.717) is 13.0 Å². The summed E-state index contributed by atoms with van der Waals surface area (Å²) in [4.78, 5) is 17.7. The Bertz CT molecular complexity index is 476. The van der Waals surface area contributed by atoms with Crippen LogP contribution in [0.3, 0.4) is 0 Å². The number of anilines is 1. The monoisotopic (exact) mass is 215 g/mol. The molecule has 0 radical (unpaired) electrons. The van der Waals surface area contributed by atoms with Gasteiger partial charge in [0.05, 0.1) is 23.4 Å². The molecule has 0 saturated carbocycles. The van der Waals surface area contributed by atoms with E-state index in [0.717, 1.165) is 17.1 Å². The van der Waals surface area contributed by atoms with Crippen molar-refractivity contribution in [1.82, 2.24) is 4.98 Å². The third-order valence-corrected chi connectivity index (χ3v) is 2.80. The van der Waals surface area contributed by atoms with E-state index < -0.39 is 0 Å². The fraction of sp³-hybridized carbons (Fsp3) is 0.417. The Balaban J connectivity index is 2.32. The van der Waals surface area contributed by atoms with Crippen LogP contribution in [-0.4, -0.2) is 17.4 Å². The number of carbonyl (C=O) groups excluding carboxylic acids is 1. The lowest BCUT2D eigenvalue weighted by Gasteiger charge is -2.17. The van der Waals surface area contributed by atoms with E-state index in [1.807, 2.05) is 26.0 Å². The Morgan fingerprint density at radius 3 is 2.81 bits per heavy atom. The predicted molar refractivity (Wildman–Crippen MR) is 59.8 cm³/mol. The minimum Gasteiger partial charge on any atom is -0.309 e. The molecule has 1 aromatic heterocycles. The summed E-state index contributed by atoms with van der Waals surface area (Å²) in [5, 5.41) is 8.82. The molecule has 1 aromatic rings. The minimum absolute atomic E-state index is 0.0142. The molecule has 1 saturated heterocycles. The molecule has 0 spiro atoms. The Kier molecular flexibility index (Phi) is 2.61. The molecule has 16 heavy (non-hydrogen) atoms. The summed E-state index contributed by atoms with van der Waals surface area (Å²) in [5.41, 5.74) is 2.60. The molecule has 1 fully saturated rings. The molecule has 0 bridgehead atoms. The van der Waals surface area contributed by atoms with E-state index in [2.05, 4.69) is 11.1 Å². The highest BCUT2D eigenvalue weighted by Gasteiger charge is 2.31. The second-order valence-electron chi connectivity index (χ2n) is 4.09. The Hall–Kier alpha value is -1.89. The minimum atomic E-state index is -0.187. The molecular formula is C12H13N3O. The van der Waals surface area contributed by atoms with Crippen LogP contribution >= 0.6 is 0 Å². The van der Waals surface area contributed by atoms with Gasteiger partial charge in [-0.25, -0.2) is 0 Å². The lowest BCUT2D eigenvalue weighted by atomic mass is 10.1. The fourth-order valence-electron chi connectivity index (χ4n) is 1.99. The highest BCUT2D eigenvalue weighted by Crippen LogP contribution is 2.26. The standard InChI is InChI=1S/C12H13N3O/c1-8-3-4-11(9(2)14-8)15-7-10(6-13)5-12(15)16/h3-4,10H,5,7H2,1-2H3. The first kappa shape index (κ1) is 10.6. The topological polar surface area (TPSA) is 57.0 Å². The van der Waals surface area contributed by atoms with Crippen LogP contribution < -0.4 is 4.90 Å². The van der Waals surface area contributed by atoms with Crippen LogP contribution in [0.4, 0.5) is 5.69 Å². The van der Waals surface area contributed by atoms with Crippen molar-refractivity contribution in [1.29, 1.82) is 5.26 Å². The van der Waals surface area contributed by atoms with Gasteiger partial charge >= 0.3 is 0 Å². The Labute approximate surface area is 94.5 Å². The third-order valence-electron chi connectivity index (χ3n) is 2.80. The van der Waals surface area contributed by atoms with Crippen molar-refractivity contribution < 1.29 is 4.79 Å². The van der Waals surface area contributed by atoms with Crippen LogP contribution in [0.1, 0.15) is 17.8 Å². The normalized spacial score (nSPS) is 19.9. The number of amides is 1. The number of aromatic nitrogens is 1. The first-order valence-corrected chi connectivity index (χ1v) is 5.26. The van der Waals surface area contributed by atoms with Gasteiger partial charge in [0.1, 0.15) is 0 Å². The van der Waals surface area contributed by atoms with Crippen LogP contribution in [0.25, 0.3) is 0 Å². The molecule has 1 aliphatic heterocycles. The van der Waals surface area contributed by atoms with Crippen molar-refractivity contribution in [2.75, 3.05) is 11.4 Å². The highest BCUT2D eigenvalue weighted by atomic mass is 16.2. The molecule has 2 rings (SSSR count). The Morgan fingerprint density at radius 1 is 1.50 bits per heavy atom. The molecular weight excluding hydrogens is 202 g/mol. The molecule has 82 valence electrons. The molecule has 0 aliphatic carbocycles. The van der Waals surface area contributed by atoms with E-state index >= 15 is 0 Å². The number of pyridine rings is 1. The Morgan fingerprint density at radius 2 is 2.25 bits per heavy atom. The van der Waals surface area contributed by atoms with Crippen molar-refractivity contribution in [3.05, 3.63) is 23.5 Å². The number of nitrogens with zero attached hydrogens (tertiary/aromatic N) is 3. The number of aryl methyl sites for hydroxylation is 2. The van der Waals surface area contributed by atoms with Gasteiger partial charge in [-0.2, -0.15) is 5.26 Å². The maximum Gasteiger partial charge on any atom is 0.228 e. The smallest absolute Gasteiger partial charge is 0.228 e. The molecule has 4 nitrogen and oxygen atoms in total. The molecule has 1 amide bonds. The van der Waals surface area contributed by atoms with E-state index in [1.165, 1.54) is 0 Å². The van der Waals surface area contributed by atoms with Crippen molar-refractivity contribution in [2.45, 2.75) is 20.3 Å². The average molecular weight is 215 g/mol. The molecule has 1 atom stereocenters. The van der Waals surface area contributed by atoms with Gasteiger partial charge in [0.15, 0.2) is 0 Å². The van der Waals surface area contributed by atoms with Gasteiger partial charge in [0.25, 0.3) is 0 Å². The van der Waals surface area contributed by atoms with Crippen LogP contribution in [0.15, 0.2) is 12.1 Å². The second-order valence-corrected chi connectivity index (χ2v) is 4.09. The lowest BCUT2D eigenvalue weighted by Crippen LogP contribution is -2.25. The second kappa shape index (κ2) is 3.93. The van der Waals surface area contributed by atoms with Crippen molar-refractivity contribution in [3.63, 3.8) is 0 Å². The number of nitriles is 1. The zero-order valence-electron chi connectivity index (χ0n) is 9.40. The quantitative estimate of drug-likeness (QED) is 0.714. The third kappa shape index (κ3) is 1.76. The fourth-order valence-corrected chi connectivity index (χ4v) is 1.99. The maximum atomic E-state index is 11.7. The summed E-state index contributed by atoms with van der Waals surface area (Å²) in [7, 11) is 0. The van der Waals surface area contributed by atoms with Gasteiger partial charge in [-0.15, -0.1) is 0 Å². The summed E-state index contributed by atoms with van der Waals surface area (Å²) in [6, 6.07) is 5.92. The lowest BCUT2D eigenvalue weighted by molar-refractivity contribution is -0.117. The summed E-state index contributed by atoms with van der Waals surface area (Å²) >= 11 is 0. The summed E-state index contributed by atoms with van der Waals surface area (Å²) < 4.78 is 0. The van der Waals surface area contributed by atoms with Crippen LogP contribution in [0, 0.1) is 31.1 Å². The van der Waals surface area contributed by atoms with E-state index in [4.69, 9.17) is 5.26 Å². The number of hydrogen-bond donors (Lipinski definition) is 0. The van der Waals surface area contributed by atoms with Crippen molar-refractivity contribution in [3.8, 4) is 6.07 Å². The van der Waals surface area contributed by atoms with E-state index in [1.54, 1.807) is 4.90 Å². The summed E-state index contributed by atoms with van der Waals surface area (Å²) in [5.74, 6) is -0.173. The maximum absolute atomic E-state index is 11.7. The van der Waals surface area contributed by atoms with Crippen molar-refractivity contribution in [2.24, 2.45) is 5.92 Å². The van der Waals surface area contributed by atoms with E-state index in [9.17, 15) is 4.79 Å². The SMILES string of the molecule is Cc1ccc(N2CC(C#N)CC2=O)c(C)n1.